The summed E-state index contributed by atoms with van der Waals surface area (Å²) in [6.07, 6.45) is 0.982. The topological polar surface area (TPSA) is 21.3 Å². The Bertz CT molecular complexity index is 685. The maximum atomic E-state index is 5.89. The number of aryl methyl sites for hydroxylation is 1. The molecule has 1 heterocycles. The molecule has 2 nitrogen and oxygen atoms in total. The molecule has 0 saturated heterocycles. The van der Waals surface area contributed by atoms with Gasteiger partial charge in [-0.1, -0.05) is 37.9 Å². The van der Waals surface area contributed by atoms with Crippen LogP contribution in [0.1, 0.15) is 28.3 Å². The van der Waals surface area contributed by atoms with Crippen molar-refractivity contribution in [3.8, 4) is 5.75 Å². The molecule has 0 amide bonds. The van der Waals surface area contributed by atoms with Gasteiger partial charge in [0.25, 0.3) is 0 Å². The van der Waals surface area contributed by atoms with Crippen molar-refractivity contribution in [1.82, 2.24) is 5.32 Å². The maximum absolute atomic E-state index is 5.89. The maximum Gasteiger partial charge on any atom is 0.127 e. The minimum absolute atomic E-state index is 0.117. The molecule has 0 aliphatic carbocycles. The zero-order valence-electron chi connectivity index (χ0n) is 12.0. The highest BCUT2D eigenvalue weighted by molar-refractivity contribution is 9.10. The first kappa shape index (κ1) is 15.1. The van der Waals surface area contributed by atoms with Gasteiger partial charge in [0.05, 0.1) is 12.6 Å². The predicted octanol–water partition coefficient (Wildman–Crippen LogP) is 4.76. The molecule has 0 spiro atoms. The van der Waals surface area contributed by atoms with E-state index >= 15 is 0 Å². The number of fused-ring (bicyclic) bond motifs is 1. The third-order valence-corrected chi connectivity index (χ3v) is 4.88. The van der Waals surface area contributed by atoms with E-state index in [4.69, 9.17) is 4.74 Å². The molecule has 1 aliphatic rings. The van der Waals surface area contributed by atoms with E-state index in [1.807, 2.05) is 7.05 Å². The van der Waals surface area contributed by atoms with E-state index < -0.39 is 0 Å². The Kier molecular flexibility index (Phi) is 4.38. The van der Waals surface area contributed by atoms with Gasteiger partial charge in [-0.15, -0.1) is 0 Å². The molecular weight excluding hydrogens is 394 g/mol. The molecule has 0 saturated carbocycles. The lowest BCUT2D eigenvalue weighted by Gasteiger charge is -2.22. The monoisotopic (exact) mass is 409 g/mol. The zero-order chi connectivity index (χ0) is 15.0. The highest BCUT2D eigenvalue weighted by atomic mass is 79.9. The van der Waals surface area contributed by atoms with Crippen molar-refractivity contribution < 1.29 is 4.74 Å². The van der Waals surface area contributed by atoms with Gasteiger partial charge in [-0.2, -0.15) is 0 Å². The van der Waals surface area contributed by atoms with Crippen LogP contribution in [-0.4, -0.2) is 13.7 Å². The fraction of sp³-hybridized carbons (Fsp3) is 0.294. The van der Waals surface area contributed by atoms with Crippen LogP contribution in [0.2, 0.25) is 0 Å². The highest BCUT2D eigenvalue weighted by Gasteiger charge is 2.24. The van der Waals surface area contributed by atoms with Crippen LogP contribution in [0, 0.1) is 6.92 Å². The average molecular weight is 411 g/mol. The zero-order valence-corrected chi connectivity index (χ0v) is 15.2. The molecule has 1 unspecified atom stereocenters. The molecule has 2 aromatic rings. The van der Waals surface area contributed by atoms with E-state index in [0.29, 0.717) is 0 Å². The van der Waals surface area contributed by atoms with Crippen LogP contribution >= 0.6 is 31.9 Å². The lowest BCUT2D eigenvalue weighted by atomic mass is 9.93. The van der Waals surface area contributed by atoms with Gasteiger partial charge in [0.15, 0.2) is 0 Å². The second-order valence-corrected chi connectivity index (χ2v) is 7.14. The number of benzene rings is 2. The number of halogens is 2. The number of rotatable bonds is 3. The third kappa shape index (κ3) is 2.89. The number of hydrogen-bond donors (Lipinski definition) is 1. The van der Waals surface area contributed by atoms with Gasteiger partial charge in [-0.25, -0.2) is 0 Å². The van der Waals surface area contributed by atoms with Crippen LogP contribution in [0.3, 0.4) is 0 Å². The average Bonchev–Trinajstić information content (AvgIpc) is 2.91. The summed E-state index contributed by atoms with van der Waals surface area (Å²) in [5.41, 5.74) is 5.01. The normalized spacial score (nSPS) is 14.7. The van der Waals surface area contributed by atoms with Crippen molar-refractivity contribution in [2.75, 3.05) is 13.7 Å². The summed E-state index contributed by atoms with van der Waals surface area (Å²) >= 11 is 7.20. The SMILES string of the molecule is CNC(c1cc(Br)ccc1C)c1cc(Br)cc2c1OCC2. The summed E-state index contributed by atoms with van der Waals surface area (Å²) in [5.74, 6) is 1.04. The smallest absolute Gasteiger partial charge is 0.127 e. The lowest BCUT2D eigenvalue weighted by molar-refractivity contribution is 0.351. The van der Waals surface area contributed by atoms with Gasteiger partial charge in [0.1, 0.15) is 5.75 Å². The van der Waals surface area contributed by atoms with Crippen LogP contribution in [-0.2, 0) is 6.42 Å². The standard InChI is InChI=1S/C17H17Br2NO/c1-10-3-4-12(18)8-14(10)16(20-2)15-9-13(19)7-11-5-6-21-17(11)15/h3-4,7-9,16,20H,5-6H2,1-2H3. The van der Waals surface area contributed by atoms with Crippen molar-refractivity contribution in [3.05, 3.63) is 61.5 Å². The first-order valence-corrected chi connectivity index (χ1v) is 8.57. The van der Waals surface area contributed by atoms with E-state index in [9.17, 15) is 0 Å². The van der Waals surface area contributed by atoms with Gasteiger partial charge in [0.2, 0.25) is 0 Å². The van der Waals surface area contributed by atoms with E-state index in [-0.39, 0.29) is 6.04 Å². The molecule has 4 heteroatoms. The Morgan fingerprint density at radius 3 is 2.62 bits per heavy atom. The fourth-order valence-corrected chi connectivity index (χ4v) is 3.81. The van der Waals surface area contributed by atoms with Gasteiger partial charge in [-0.05, 0) is 54.9 Å². The minimum atomic E-state index is 0.117. The molecule has 1 N–H and O–H groups in total. The largest absolute Gasteiger partial charge is 0.493 e. The summed E-state index contributed by atoms with van der Waals surface area (Å²) in [6.45, 7) is 2.91. The van der Waals surface area contributed by atoms with Gasteiger partial charge in [0, 0.05) is 20.9 Å². The van der Waals surface area contributed by atoms with Crippen LogP contribution in [0.5, 0.6) is 5.75 Å². The minimum Gasteiger partial charge on any atom is -0.493 e. The molecule has 0 aromatic heterocycles. The molecule has 21 heavy (non-hydrogen) atoms. The van der Waals surface area contributed by atoms with Gasteiger partial charge >= 0.3 is 0 Å². The molecule has 0 bridgehead atoms. The summed E-state index contributed by atoms with van der Waals surface area (Å²) in [4.78, 5) is 0. The number of hydrogen-bond acceptors (Lipinski definition) is 2. The molecule has 1 atom stereocenters. The van der Waals surface area contributed by atoms with Crippen LogP contribution < -0.4 is 10.1 Å². The molecule has 2 aromatic carbocycles. The lowest BCUT2D eigenvalue weighted by Crippen LogP contribution is -2.19. The number of ether oxygens (including phenoxy) is 1. The Morgan fingerprint density at radius 2 is 1.86 bits per heavy atom. The van der Waals surface area contributed by atoms with E-state index in [2.05, 4.69) is 74.4 Å². The van der Waals surface area contributed by atoms with Crippen molar-refractivity contribution in [1.29, 1.82) is 0 Å². The first-order valence-electron chi connectivity index (χ1n) is 6.98. The predicted molar refractivity (Wildman–Crippen MR) is 93.1 cm³/mol. The van der Waals surface area contributed by atoms with Crippen molar-refractivity contribution in [3.63, 3.8) is 0 Å². The van der Waals surface area contributed by atoms with Crippen LogP contribution in [0.4, 0.5) is 0 Å². The molecule has 1 aliphatic heterocycles. The second-order valence-electron chi connectivity index (χ2n) is 5.30. The molecular formula is C17H17Br2NO. The van der Waals surface area contributed by atoms with Gasteiger partial charge < -0.3 is 10.1 Å². The number of nitrogens with one attached hydrogen (secondary N) is 1. The molecule has 0 fully saturated rings. The van der Waals surface area contributed by atoms with Crippen molar-refractivity contribution in [2.24, 2.45) is 0 Å². The van der Waals surface area contributed by atoms with E-state index in [1.165, 1.54) is 22.3 Å². The van der Waals surface area contributed by atoms with Crippen molar-refractivity contribution in [2.45, 2.75) is 19.4 Å². The highest BCUT2D eigenvalue weighted by Crippen LogP contribution is 2.39. The summed E-state index contributed by atoms with van der Waals surface area (Å²) in [6, 6.07) is 10.8. The van der Waals surface area contributed by atoms with E-state index in [1.54, 1.807) is 0 Å². The third-order valence-electron chi connectivity index (χ3n) is 3.93. The Morgan fingerprint density at radius 1 is 1.10 bits per heavy atom. The quantitative estimate of drug-likeness (QED) is 0.787. The molecule has 110 valence electrons. The van der Waals surface area contributed by atoms with Crippen LogP contribution in [0.25, 0.3) is 0 Å². The first-order chi connectivity index (χ1) is 10.1. The fourth-order valence-electron chi connectivity index (χ4n) is 2.91. The second kappa shape index (κ2) is 6.11. The summed E-state index contributed by atoms with van der Waals surface area (Å²) < 4.78 is 8.09. The molecule has 3 rings (SSSR count). The Labute approximate surface area is 142 Å². The van der Waals surface area contributed by atoms with Crippen molar-refractivity contribution >= 4 is 31.9 Å². The van der Waals surface area contributed by atoms with E-state index in [0.717, 1.165) is 27.7 Å². The van der Waals surface area contributed by atoms with Crippen LogP contribution in [0.15, 0.2) is 39.3 Å². The van der Waals surface area contributed by atoms with Gasteiger partial charge in [-0.3, -0.25) is 0 Å². The summed E-state index contributed by atoms with van der Waals surface area (Å²) in [5, 5.41) is 3.44. The Balaban J connectivity index is 2.15. The molecule has 0 radical (unpaired) electrons. The Hall–Kier alpha value is -0.840. The summed E-state index contributed by atoms with van der Waals surface area (Å²) in [7, 11) is 1.99.